The van der Waals surface area contributed by atoms with Crippen LogP contribution in [0.15, 0.2) is 293 Å². The molecule has 8 aromatic carbocycles. The largest absolute Gasteiger partial charge is 0.377 e. The Kier molecular flexibility index (Phi) is 25.7. The van der Waals surface area contributed by atoms with E-state index in [0.717, 1.165) is 44.4 Å². The number of aromatic amines is 2. The lowest BCUT2D eigenvalue weighted by Crippen LogP contribution is -2.33. The zero-order valence-corrected chi connectivity index (χ0v) is 68.2. The molecule has 6 N–H and O–H groups in total. The van der Waals surface area contributed by atoms with Gasteiger partial charge < -0.3 is 21.3 Å². The predicted molar refractivity (Wildman–Crippen MR) is 469 cm³/mol. The molecular formula is C92H77Cl4N15O8. The van der Waals surface area contributed by atoms with Gasteiger partial charge in [0, 0.05) is 94.2 Å². The van der Waals surface area contributed by atoms with Gasteiger partial charge in [0.05, 0.1) is 83.8 Å². The number of rotatable bonds is 18. The van der Waals surface area contributed by atoms with E-state index in [4.69, 9.17) is 46.4 Å². The molecule has 0 bridgehead atoms. The van der Waals surface area contributed by atoms with E-state index in [1.54, 1.807) is 113 Å². The van der Waals surface area contributed by atoms with Crippen LogP contribution in [0.4, 0.5) is 0 Å². The van der Waals surface area contributed by atoms with Gasteiger partial charge >= 0.3 is 0 Å². The highest BCUT2D eigenvalue weighted by molar-refractivity contribution is 6.37. The number of hydrogen-bond acceptors (Lipinski definition) is 14. The van der Waals surface area contributed by atoms with Crippen molar-refractivity contribution in [3.05, 3.63) is 398 Å². The number of nitrogens with one attached hydrogen (secondary N) is 6. The van der Waals surface area contributed by atoms with Crippen LogP contribution in [-0.2, 0) is 0 Å². The Morgan fingerprint density at radius 1 is 0.387 bits per heavy atom. The number of para-hydroxylation sites is 4. The highest BCUT2D eigenvalue weighted by atomic mass is 35.5. The highest BCUT2D eigenvalue weighted by Crippen LogP contribution is 2.32. The first kappa shape index (κ1) is 83.0. The third kappa shape index (κ3) is 18.0. The van der Waals surface area contributed by atoms with E-state index in [2.05, 4.69) is 63.2 Å². The maximum atomic E-state index is 13.5. The van der Waals surface area contributed by atoms with Gasteiger partial charge in [0.15, 0.2) is 11.5 Å². The number of aryl methyl sites for hydroxylation is 2. The quantitative estimate of drug-likeness (QED) is 0.0436. The number of carbonyl (C=O) groups excluding carboxylic acids is 4. The second-order valence-corrected chi connectivity index (χ2v) is 29.4. The molecule has 119 heavy (non-hydrogen) atoms. The van der Waals surface area contributed by atoms with Crippen LogP contribution in [0, 0.1) is 13.8 Å². The maximum absolute atomic E-state index is 13.5. The van der Waals surface area contributed by atoms with Crippen molar-refractivity contribution in [2.24, 2.45) is 0 Å². The third-order valence-electron chi connectivity index (χ3n) is 19.8. The number of hydrogen-bond donors (Lipinski definition) is 6. The number of pyridine rings is 5. The molecule has 23 nitrogen and oxygen atoms in total. The van der Waals surface area contributed by atoms with E-state index in [9.17, 15) is 38.4 Å². The van der Waals surface area contributed by atoms with Crippen LogP contribution in [0.2, 0.25) is 20.1 Å². The summed E-state index contributed by atoms with van der Waals surface area (Å²) >= 11 is 25.4. The first-order chi connectivity index (χ1) is 57.4. The Hall–Kier alpha value is -14.0. The molecule has 8 heterocycles. The fourth-order valence-corrected chi connectivity index (χ4v) is 15.0. The Morgan fingerprint density at radius 3 is 1.05 bits per heavy atom. The summed E-state index contributed by atoms with van der Waals surface area (Å²) in [6.45, 7) is 16.5. The van der Waals surface area contributed by atoms with Gasteiger partial charge in [-0.05, 0) is 172 Å². The van der Waals surface area contributed by atoms with E-state index >= 15 is 0 Å². The fourth-order valence-electron chi connectivity index (χ4n) is 13.9. The lowest BCUT2D eigenvalue weighted by molar-refractivity contribution is 0.0916. The molecule has 0 radical (unpaired) electrons. The molecule has 0 fully saturated rings. The van der Waals surface area contributed by atoms with Gasteiger partial charge in [0.25, 0.3) is 40.0 Å². The second-order valence-electron chi connectivity index (χ2n) is 27.8. The summed E-state index contributed by atoms with van der Waals surface area (Å²) in [5.41, 5.74) is 8.42. The SMILES string of the molecule is C=C(N[C@@H](C)c1cc2cccc(Cl)c2c(=O)n1-c1ccccc1)c1cn[nH]c1.CC(=O)c1nccnc1C(=O)N[C@@H](C)c1cc2cccc(Cl)c2c(=O)n1-c1ccccc1.Cc1[nH]ncc1C(=O)N[C@@H](C)c1cc2cccc(Cl)c2c(=O)n1-c1ccccc1.Cc1cccnc1C(=O)N[C@@H](C)c1cc2cccc(Cl)c2c(=O)n1-c1ccccc1. The molecule has 8 aromatic heterocycles. The third-order valence-corrected chi connectivity index (χ3v) is 21.0. The zero-order valence-electron chi connectivity index (χ0n) is 65.2. The van der Waals surface area contributed by atoms with Crippen molar-refractivity contribution in [2.75, 3.05) is 0 Å². The molecule has 0 saturated carbocycles. The van der Waals surface area contributed by atoms with E-state index < -0.39 is 24.0 Å². The smallest absolute Gasteiger partial charge is 0.272 e. The van der Waals surface area contributed by atoms with Gasteiger partial charge in [-0.25, -0.2) is 9.97 Å². The average molecular weight is 1660 g/mol. The maximum Gasteiger partial charge on any atom is 0.272 e. The van der Waals surface area contributed by atoms with Crippen molar-refractivity contribution < 1.29 is 19.2 Å². The molecule has 0 aliphatic heterocycles. The molecule has 27 heteroatoms. The van der Waals surface area contributed by atoms with Crippen molar-refractivity contribution in [3.63, 3.8) is 0 Å². The number of fused-ring (bicyclic) bond motifs is 4. The number of benzene rings is 8. The molecule has 16 rings (SSSR count). The number of nitrogens with zero attached hydrogens (tertiary/aromatic N) is 9. The van der Waals surface area contributed by atoms with Crippen molar-refractivity contribution in [1.82, 2.24) is 74.9 Å². The summed E-state index contributed by atoms with van der Waals surface area (Å²) in [6.07, 6.45) is 9.26. The first-order valence-electron chi connectivity index (χ1n) is 37.6. The van der Waals surface area contributed by atoms with Gasteiger partial charge in [-0.3, -0.25) is 71.8 Å². The van der Waals surface area contributed by atoms with Crippen LogP contribution in [0.3, 0.4) is 0 Å². The Bertz CT molecular complexity index is 6780. The molecule has 3 amide bonds. The predicted octanol–water partition coefficient (Wildman–Crippen LogP) is 17.8. The van der Waals surface area contributed by atoms with Crippen molar-refractivity contribution in [2.45, 2.75) is 72.6 Å². The Labute approximate surface area is 701 Å². The standard InChI is InChI=1S/C24H19ClN4O3.C24H20ClN3O2.C22H19ClN4O2.C22H19ClN4O/c1-14(28-23(31)22-21(15(2)30)26-11-12-27-22)19-13-16-7-6-10-18(25)20(16)24(32)29(19)17-8-4-3-5-9-17;1-15-8-7-13-26-22(15)23(29)27-16(2)20-14-17-9-6-12-19(25)21(17)24(30)28(20)18-10-4-3-5-11-18;1-13-17(12-24-26-13)21(28)25-14(2)19-11-15-7-6-10-18(23)20(15)22(29)27(19)16-8-4-3-5-9-16;1-14(17-12-24-25-13-17)26-15(2)20-11-16-7-6-10-19(23)21(16)22(28)27(20)18-8-4-3-5-9-18/h3-14H,1-2H3,(H,28,31);3-14,16H,1-2H3,(H,27,29);3-12,14H,1-2H3,(H,24,26)(H,25,28);3-13,15,26H,1H2,2H3,(H,24,25)/t14-;16-;14-;15-/m0000/s1. The summed E-state index contributed by atoms with van der Waals surface area (Å²) in [4.78, 5) is 116. The molecular weight excluding hydrogens is 1580 g/mol. The number of H-pyrrole nitrogens is 2. The molecule has 0 saturated heterocycles. The first-order valence-corrected chi connectivity index (χ1v) is 39.1. The number of ketones is 1. The molecule has 0 aliphatic rings. The molecule has 0 spiro atoms. The highest BCUT2D eigenvalue weighted by Gasteiger charge is 2.27. The van der Waals surface area contributed by atoms with Crippen molar-refractivity contribution in [1.29, 1.82) is 0 Å². The van der Waals surface area contributed by atoms with Gasteiger partial charge in [-0.15, -0.1) is 0 Å². The number of Topliss-reactive ketones (excluding diaryl/α,β-unsaturated/α-hetero) is 1. The number of halogens is 4. The minimum Gasteiger partial charge on any atom is -0.377 e. The lowest BCUT2D eigenvalue weighted by atomic mass is 10.1. The van der Waals surface area contributed by atoms with E-state index in [1.807, 2.05) is 191 Å². The average Bonchev–Trinajstić information content (AvgIpc) is 1.03. The zero-order chi connectivity index (χ0) is 84.3. The molecule has 4 atom stereocenters. The Balaban J connectivity index is 0.000000137. The summed E-state index contributed by atoms with van der Waals surface area (Å²) in [6, 6.07) is 68.3. The molecule has 0 aliphatic carbocycles. The van der Waals surface area contributed by atoms with Gasteiger partial charge in [-0.2, -0.15) is 10.2 Å². The minimum absolute atomic E-state index is 0.0112. The van der Waals surface area contributed by atoms with Gasteiger partial charge in [0.2, 0.25) is 0 Å². The lowest BCUT2D eigenvalue weighted by Gasteiger charge is -2.22. The van der Waals surface area contributed by atoms with Gasteiger partial charge in [0.1, 0.15) is 11.4 Å². The Morgan fingerprint density at radius 2 is 0.723 bits per heavy atom. The summed E-state index contributed by atoms with van der Waals surface area (Å²) in [7, 11) is 0. The number of amides is 3. The van der Waals surface area contributed by atoms with Crippen LogP contribution >= 0.6 is 46.4 Å². The van der Waals surface area contributed by atoms with E-state index in [0.29, 0.717) is 98.1 Å². The topological polar surface area (TPSA) is 300 Å². The molecule has 16 aromatic rings. The molecule has 596 valence electrons. The summed E-state index contributed by atoms with van der Waals surface area (Å²) in [5, 5.41) is 31.9. The number of aromatic nitrogens is 11. The second kappa shape index (κ2) is 36.9. The van der Waals surface area contributed by atoms with Crippen LogP contribution in [0.5, 0.6) is 0 Å². The molecule has 0 unspecified atom stereocenters. The van der Waals surface area contributed by atoms with E-state index in [1.165, 1.54) is 30.1 Å². The van der Waals surface area contributed by atoms with Gasteiger partial charge in [-0.1, -0.05) is 180 Å². The number of carbonyl (C=O) groups is 4. The monoisotopic (exact) mass is 1660 g/mol. The summed E-state index contributed by atoms with van der Waals surface area (Å²) in [5.74, 6) is -1.48. The minimum atomic E-state index is -0.597. The summed E-state index contributed by atoms with van der Waals surface area (Å²) < 4.78 is 6.43. The van der Waals surface area contributed by atoms with Crippen LogP contribution < -0.4 is 43.5 Å². The van der Waals surface area contributed by atoms with Crippen LogP contribution in [0.25, 0.3) is 71.5 Å². The van der Waals surface area contributed by atoms with Crippen LogP contribution in [0.1, 0.15) is 140 Å². The van der Waals surface area contributed by atoms with Crippen LogP contribution in [-0.4, -0.2) is 77.1 Å². The van der Waals surface area contributed by atoms with Crippen molar-refractivity contribution >= 4 is 119 Å². The van der Waals surface area contributed by atoms with E-state index in [-0.39, 0.29) is 57.3 Å². The van der Waals surface area contributed by atoms with Crippen molar-refractivity contribution in [3.8, 4) is 22.7 Å². The normalized spacial score (nSPS) is 12.0. The fraction of sp³-hybridized carbons (Fsp3) is 0.120.